The summed E-state index contributed by atoms with van der Waals surface area (Å²) >= 11 is 0. The SMILES string of the molecule is COC1(C(F)(F)F)CCN(C(C)=O)CC1. The van der Waals surface area contributed by atoms with E-state index in [1.807, 2.05) is 0 Å². The van der Waals surface area contributed by atoms with Crippen LogP contribution in [0.2, 0.25) is 0 Å². The molecule has 0 bridgehead atoms. The molecule has 0 radical (unpaired) electrons. The summed E-state index contributed by atoms with van der Waals surface area (Å²) in [6.07, 6.45) is -4.75. The number of ether oxygens (including phenoxy) is 1. The fraction of sp³-hybridized carbons (Fsp3) is 0.889. The number of carbonyl (C=O) groups is 1. The Morgan fingerprint density at radius 1 is 1.33 bits per heavy atom. The number of nitrogens with zero attached hydrogens (tertiary/aromatic N) is 1. The van der Waals surface area contributed by atoms with Crippen molar-refractivity contribution >= 4 is 5.91 Å². The predicted octanol–water partition coefficient (Wildman–Crippen LogP) is 1.58. The van der Waals surface area contributed by atoms with Crippen LogP contribution < -0.4 is 0 Å². The highest BCUT2D eigenvalue weighted by Crippen LogP contribution is 2.40. The quantitative estimate of drug-likeness (QED) is 0.678. The molecule has 1 rings (SSSR count). The molecule has 0 aromatic rings. The van der Waals surface area contributed by atoms with Gasteiger partial charge in [0.15, 0.2) is 5.60 Å². The molecule has 0 aliphatic carbocycles. The molecule has 3 nitrogen and oxygen atoms in total. The molecule has 1 aliphatic heterocycles. The van der Waals surface area contributed by atoms with E-state index >= 15 is 0 Å². The molecule has 0 aromatic heterocycles. The summed E-state index contributed by atoms with van der Waals surface area (Å²) in [5, 5.41) is 0. The summed E-state index contributed by atoms with van der Waals surface area (Å²) in [5.41, 5.74) is -2.07. The van der Waals surface area contributed by atoms with Crippen molar-refractivity contribution in [1.82, 2.24) is 4.90 Å². The van der Waals surface area contributed by atoms with Crippen molar-refractivity contribution in [2.45, 2.75) is 31.5 Å². The molecule has 1 amide bonds. The van der Waals surface area contributed by atoms with E-state index in [1.165, 1.54) is 11.8 Å². The summed E-state index contributed by atoms with van der Waals surface area (Å²) in [4.78, 5) is 12.4. The molecular weight excluding hydrogens is 211 g/mol. The van der Waals surface area contributed by atoms with Crippen LogP contribution in [0.15, 0.2) is 0 Å². The normalized spacial score (nSPS) is 21.5. The van der Waals surface area contributed by atoms with E-state index in [0.717, 1.165) is 7.11 Å². The fourth-order valence-electron chi connectivity index (χ4n) is 1.79. The van der Waals surface area contributed by atoms with E-state index in [9.17, 15) is 18.0 Å². The molecule has 88 valence electrons. The molecular formula is C9H14F3NO2. The van der Waals surface area contributed by atoms with Gasteiger partial charge in [0.25, 0.3) is 0 Å². The Morgan fingerprint density at radius 2 is 1.80 bits per heavy atom. The molecule has 0 unspecified atom stereocenters. The summed E-state index contributed by atoms with van der Waals surface area (Å²) in [6, 6.07) is 0. The fourth-order valence-corrected chi connectivity index (χ4v) is 1.79. The van der Waals surface area contributed by atoms with Crippen LogP contribution in [-0.4, -0.2) is 42.8 Å². The van der Waals surface area contributed by atoms with Gasteiger partial charge in [0.1, 0.15) is 0 Å². The van der Waals surface area contributed by atoms with Crippen LogP contribution in [-0.2, 0) is 9.53 Å². The van der Waals surface area contributed by atoms with Gasteiger partial charge in [0.2, 0.25) is 5.91 Å². The third-order valence-electron chi connectivity index (χ3n) is 2.92. The Bertz CT molecular complexity index is 244. The van der Waals surface area contributed by atoms with Crippen molar-refractivity contribution in [2.75, 3.05) is 20.2 Å². The highest BCUT2D eigenvalue weighted by Gasteiger charge is 2.56. The van der Waals surface area contributed by atoms with Gasteiger partial charge in [-0.3, -0.25) is 4.79 Å². The lowest BCUT2D eigenvalue weighted by molar-refractivity contribution is -0.281. The monoisotopic (exact) mass is 225 g/mol. The molecule has 0 spiro atoms. The first-order valence-electron chi connectivity index (χ1n) is 4.70. The largest absolute Gasteiger partial charge is 0.417 e. The minimum Gasteiger partial charge on any atom is -0.369 e. The first kappa shape index (κ1) is 12.3. The zero-order valence-corrected chi connectivity index (χ0v) is 8.73. The minimum absolute atomic E-state index is 0.0999. The molecule has 1 fully saturated rings. The Hall–Kier alpha value is -0.780. The number of piperidine rings is 1. The summed E-state index contributed by atoms with van der Waals surface area (Å²) in [7, 11) is 1.07. The van der Waals surface area contributed by atoms with Crippen LogP contribution in [0.1, 0.15) is 19.8 Å². The second-order valence-electron chi connectivity index (χ2n) is 3.70. The third-order valence-corrected chi connectivity index (χ3v) is 2.92. The number of methoxy groups -OCH3 is 1. The second kappa shape index (κ2) is 4.00. The second-order valence-corrected chi connectivity index (χ2v) is 3.70. The van der Waals surface area contributed by atoms with E-state index in [-0.39, 0.29) is 31.8 Å². The molecule has 0 atom stereocenters. The van der Waals surface area contributed by atoms with Gasteiger partial charge in [-0.1, -0.05) is 0 Å². The topological polar surface area (TPSA) is 29.5 Å². The molecule has 1 saturated heterocycles. The Kier molecular flexibility index (Phi) is 3.28. The van der Waals surface area contributed by atoms with Crippen molar-refractivity contribution in [3.8, 4) is 0 Å². The summed E-state index contributed by atoms with van der Waals surface area (Å²) in [6.45, 7) is 1.55. The molecule has 6 heteroatoms. The van der Waals surface area contributed by atoms with Gasteiger partial charge in [-0.2, -0.15) is 13.2 Å². The molecule has 0 N–H and O–H groups in total. The number of alkyl halides is 3. The molecule has 1 aliphatic rings. The number of rotatable bonds is 1. The number of hydrogen-bond donors (Lipinski definition) is 0. The average Bonchev–Trinajstić information content (AvgIpc) is 2.16. The van der Waals surface area contributed by atoms with Crippen molar-refractivity contribution in [1.29, 1.82) is 0 Å². The molecule has 15 heavy (non-hydrogen) atoms. The maximum absolute atomic E-state index is 12.7. The predicted molar refractivity (Wildman–Crippen MR) is 47.3 cm³/mol. The number of likely N-dealkylation sites (tertiary alicyclic amines) is 1. The Morgan fingerprint density at radius 3 is 2.07 bits per heavy atom. The lowest BCUT2D eigenvalue weighted by atomic mass is 9.90. The third kappa shape index (κ3) is 2.25. The van der Waals surface area contributed by atoms with Gasteiger partial charge < -0.3 is 9.64 Å². The van der Waals surface area contributed by atoms with Gasteiger partial charge in [-0.25, -0.2) is 0 Å². The number of amides is 1. The van der Waals surface area contributed by atoms with Crippen LogP contribution in [0.5, 0.6) is 0 Å². The van der Waals surface area contributed by atoms with Crippen molar-refractivity contribution in [3.63, 3.8) is 0 Å². The first-order chi connectivity index (χ1) is 6.82. The average molecular weight is 225 g/mol. The zero-order chi connectivity index (χ0) is 11.7. The van der Waals surface area contributed by atoms with E-state index in [2.05, 4.69) is 4.74 Å². The molecule has 0 aromatic carbocycles. The number of halogens is 3. The maximum Gasteiger partial charge on any atom is 0.417 e. The molecule has 1 heterocycles. The Balaban J connectivity index is 2.71. The van der Waals surface area contributed by atoms with Gasteiger partial charge in [-0.15, -0.1) is 0 Å². The van der Waals surface area contributed by atoms with Crippen molar-refractivity contribution < 1.29 is 22.7 Å². The van der Waals surface area contributed by atoms with Gasteiger partial charge in [-0.05, 0) is 0 Å². The number of hydrogen-bond acceptors (Lipinski definition) is 2. The lowest BCUT2D eigenvalue weighted by Crippen LogP contribution is -2.55. The Labute approximate surface area is 86.2 Å². The first-order valence-corrected chi connectivity index (χ1v) is 4.70. The lowest BCUT2D eigenvalue weighted by Gasteiger charge is -2.41. The highest BCUT2D eigenvalue weighted by atomic mass is 19.4. The van der Waals surface area contributed by atoms with Crippen LogP contribution in [0.4, 0.5) is 13.2 Å². The van der Waals surface area contributed by atoms with E-state index in [1.54, 1.807) is 0 Å². The standard InChI is InChI=1S/C9H14F3NO2/c1-7(14)13-5-3-8(15-2,4-6-13)9(10,11)12/h3-6H2,1-2H3. The van der Waals surface area contributed by atoms with Gasteiger partial charge >= 0.3 is 6.18 Å². The van der Waals surface area contributed by atoms with Crippen LogP contribution in [0.3, 0.4) is 0 Å². The van der Waals surface area contributed by atoms with Crippen LogP contribution in [0, 0.1) is 0 Å². The zero-order valence-electron chi connectivity index (χ0n) is 8.73. The van der Waals surface area contributed by atoms with Gasteiger partial charge in [0, 0.05) is 40.0 Å². The van der Waals surface area contributed by atoms with Crippen molar-refractivity contribution in [2.24, 2.45) is 0 Å². The van der Waals surface area contributed by atoms with Crippen LogP contribution in [0.25, 0.3) is 0 Å². The summed E-state index contributed by atoms with van der Waals surface area (Å²) < 4.78 is 42.7. The van der Waals surface area contributed by atoms with Crippen molar-refractivity contribution in [3.05, 3.63) is 0 Å². The minimum atomic E-state index is -4.37. The van der Waals surface area contributed by atoms with Crippen LogP contribution >= 0.6 is 0 Å². The number of carbonyl (C=O) groups excluding carboxylic acids is 1. The summed E-state index contributed by atoms with van der Waals surface area (Å²) in [5.74, 6) is -0.193. The maximum atomic E-state index is 12.7. The van der Waals surface area contributed by atoms with E-state index in [4.69, 9.17) is 0 Å². The van der Waals surface area contributed by atoms with E-state index < -0.39 is 11.8 Å². The van der Waals surface area contributed by atoms with Gasteiger partial charge in [0.05, 0.1) is 0 Å². The van der Waals surface area contributed by atoms with E-state index in [0.29, 0.717) is 0 Å². The highest BCUT2D eigenvalue weighted by molar-refractivity contribution is 5.73. The smallest absolute Gasteiger partial charge is 0.369 e. The molecule has 0 saturated carbocycles.